The van der Waals surface area contributed by atoms with Crippen LogP contribution in [0.2, 0.25) is 0 Å². The second kappa shape index (κ2) is 8.39. The number of methoxy groups -OCH3 is 2. The highest BCUT2D eigenvalue weighted by molar-refractivity contribution is 6.01. The molecule has 0 fully saturated rings. The Hall–Kier alpha value is -1.79. The van der Waals surface area contributed by atoms with E-state index in [4.69, 9.17) is 4.74 Å². The maximum atomic E-state index is 12.8. The Kier molecular flexibility index (Phi) is 6.83. The van der Waals surface area contributed by atoms with Gasteiger partial charge in [-0.15, -0.1) is 0 Å². The van der Waals surface area contributed by atoms with Crippen molar-refractivity contribution in [1.82, 2.24) is 5.32 Å². The summed E-state index contributed by atoms with van der Waals surface area (Å²) in [5.41, 5.74) is 0.338. The summed E-state index contributed by atoms with van der Waals surface area (Å²) in [5, 5.41) is 2.93. The maximum absolute atomic E-state index is 12.8. The van der Waals surface area contributed by atoms with Crippen molar-refractivity contribution >= 4 is 11.8 Å². The summed E-state index contributed by atoms with van der Waals surface area (Å²) in [5.74, 6) is -1.19. The molecule has 0 spiro atoms. The first kappa shape index (κ1) is 16.3. The van der Waals surface area contributed by atoms with Crippen LogP contribution < -0.4 is 5.32 Å². The van der Waals surface area contributed by atoms with Crippen LogP contribution in [0.15, 0.2) is 24.3 Å². The molecule has 110 valence electrons. The molecule has 0 aliphatic carbocycles. The molecule has 20 heavy (non-hydrogen) atoms. The van der Waals surface area contributed by atoms with Gasteiger partial charge in [0.15, 0.2) is 5.78 Å². The molecule has 0 saturated heterocycles. The molecule has 0 aromatic heterocycles. The SMILES string of the molecule is COCCNC(CC(=O)OC)C(=O)c1ccc(F)cc1. The number of rotatable bonds is 8. The number of nitrogens with one attached hydrogen (secondary N) is 1. The van der Waals surface area contributed by atoms with Crippen molar-refractivity contribution in [3.63, 3.8) is 0 Å². The van der Waals surface area contributed by atoms with Gasteiger partial charge in [-0.2, -0.15) is 0 Å². The monoisotopic (exact) mass is 283 g/mol. The maximum Gasteiger partial charge on any atom is 0.307 e. The molecule has 0 amide bonds. The van der Waals surface area contributed by atoms with E-state index in [0.29, 0.717) is 18.7 Å². The van der Waals surface area contributed by atoms with Crippen LogP contribution in [-0.2, 0) is 14.3 Å². The van der Waals surface area contributed by atoms with E-state index in [2.05, 4.69) is 10.1 Å². The molecule has 6 heteroatoms. The van der Waals surface area contributed by atoms with Crippen molar-refractivity contribution in [2.75, 3.05) is 27.4 Å². The fourth-order valence-corrected chi connectivity index (χ4v) is 1.66. The van der Waals surface area contributed by atoms with Crippen molar-refractivity contribution < 1.29 is 23.5 Å². The van der Waals surface area contributed by atoms with Gasteiger partial charge in [0, 0.05) is 19.2 Å². The zero-order valence-electron chi connectivity index (χ0n) is 11.5. The summed E-state index contributed by atoms with van der Waals surface area (Å²) in [6.07, 6.45) is -0.0869. The van der Waals surface area contributed by atoms with Crippen LogP contribution >= 0.6 is 0 Å². The van der Waals surface area contributed by atoms with E-state index in [0.717, 1.165) is 0 Å². The molecule has 0 aliphatic rings. The van der Waals surface area contributed by atoms with Crippen LogP contribution in [0.4, 0.5) is 4.39 Å². The number of ether oxygens (including phenoxy) is 2. The van der Waals surface area contributed by atoms with Gasteiger partial charge >= 0.3 is 5.97 Å². The summed E-state index contributed by atoms with van der Waals surface area (Å²) in [6, 6.07) is 4.47. The van der Waals surface area contributed by atoms with Crippen molar-refractivity contribution in [1.29, 1.82) is 0 Å². The zero-order valence-corrected chi connectivity index (χ0v) is 11.5. The zero-order chi connectivity index (χ0) is 15.0. The van der Waals surface area contributed by atoms with Gasteiger partial charge in [-0.25, -0.2) is 4.39 Å². The van der Waals surface area contributed by atoms with Gasteiger partial charge in [-0.05, 0) is 24.3 Å². The molecule has 0 bridgehead atoms. The van der Waals surface area contributed by atoms with Crippen LogP contribution in [0.1, 0.15) is 16.8 Å². The van der Waals surface area contributed by atoms with Crippen LogP contribution in [0.3, 0.4) is 0 Å². The van der Waals surface area contributed by atoms with E-state index in [1.165, 1.54) is 31.4 Å². The van der Waals surface area contributed by atoms with E-state index in [-0.39, 0.29) is 12.2 Å². The minimum Gasteiger partial charge on any atom is -0.469 e. The Morgan fingerprint density at radius 2 is 1.90 bits per heavy atom. The molecule has 0 heterocycles. The number of hydrogen-bond acceptors (Lipinski definition) is 5. The fourth-order valence-electron chi connectivity index (χ4n) is 1.66. The highest BCUT2D eigenvalue weighted by atomic mass is 19.1. The average Bonchev–Trinajstić information content (AvgIpc) is 2.46. The summed E-state index contributed by atoms with van der Waals surface area (Å²) in [7, 11) is 2.80. The van der Waals surface area contributed by atoms with Crippen LogP contribution in [0.25, 0.3) is 0 Å². The van der Waals surface area contributed by atoms with Gasteiger partial charge in [-0.3, -0.25) is 9.59 Å². The number of hydrogen-bond donors (Lipinski definition) is 1. The number of carbonyl (C=O) groups is 2. The topological polar surface area (TPSA) is 64.6 Å². The minimum atomic E-state index is -0.719. The summed E-state index contributed by atoms with van der Waals surface area (Å²) in [4.78, 5) is 23.6. The largest absolute Gasteiger partial charge is 0.469 e. The lowest BCUT2D eigenvalue weighted by Crippen LogP contribution is -2.40. The van der Waals surface area contributed by atoms with E-state index < -0.39 is 17.8 Å². The van der Waals surface area contributed by atoms with Gasteiger partial charge in [0.05, 0.1) is 26.2 Å². The predicted octanol–water partition coefficient (Wildman–Crippen LogP) is 1.18. The fraction of sp³-hybridized carbons (Fsp3) is 0.429. The average molecular weight is 283 g/mol. The standard InChI is InChI=1S/C14H18FNO4/c1-19-8-7-16-12(9-13(17)20-2)14(18)10-3-5-11(15)6-4-10/h3-6,12,16H,7-9H2,1-2H3. The van der Waals surface area contributed by atoms with Crippen molar-refractivity contribution in [3.05, 3.63) is 35.6 Å². The second-order valence-corrected chi connectivity index (χ2v) is 4.15. The van der Waals surface area contributed by atoms with Crippen LogP contribution in [-0.4, -0.2) is 45.2 Å². The Labute approximate surface area is 117 Å². The van der Waals surface area contributed by atoms with Gasteiger partial charge in [-0.1, -0.05) is 0 Å². The van der Waals surface area contributed by atoms with E-state index in [1.807, 2.05) is 0 Å². The number of Topliss-reactive ketones (excluding diaryl/α,β-unsaturated/α-hetero) is 1. The molecule has 0 aliphatic heterocycles. The number of esters is 1. The summed E-state index contributed by atoms with van der Waals surface area (Å²) < 4.78 is 22.3. The third-order valence-corrected chi connectivity index (χ3v) is 2.74. The molecule has 0 saturated carbocycles. The number of ketones is 1. The first-order chi connectivity index (χ1) is 9.58. The molecule has 1 rings (SSSR count). The first-order valence-corrected chi connectivity index (χ1v) is 6.17. The Morgan fingerprint density at radius 3 is 2.45 bits per heavy atom. The van der Waals surface area contributed by atoms with Crippen molar-refractivity contribution in [2.24, 2.45) is 0 Å². The van der Waals surface area contributed by atoms with Gasteiger partial charge < -0.3 is 14.8 Å². The van der Waals surface area contributed by atoms with Gasteiger partial charge in [0.2, 0.25) is 0 Å². The lowest BCUT2D eigenvalue weighted by Gasteiger charge is -2.16. The minimum absolute atomic E-state index is 0.0869. The summed E-state index contributed by atoms with van der Waals surface area (Å²) >= 11 is 0. The van der Waals surface area contributed by atoms with Crippen LogP contribution in [0, 0.1) is 5.82 Å². The quantitative estimate of drug-likeness (QED) is 0.441. The smallest absolute Gasteiger partial charge is 0.307 e. The molecule has 0 radical (unpaired) electrons. The lowest BCUT2D eigenvalue weighted by molar-refractivity contribution is -0.141. The van der Waals surface area contributed by atoms with Crippen molar-refractivity contribution in [2.45, 2.75) is 12.5 Å². The molecular weight excluding hydrogens is 265 g/mol. The lowest BCUT2D eigenvalue weighted by atomic mass is 10.0. The van der Waals surface area contributed by atoms with Crippen LogP contribution in [0.5, 0.6) is 0 Å². The highest BCUT2D eigenvalue weighted by Crippen LogP contribution is 2.09. The number of benzene rings is 1. The highest BCUT2D eigenvalue weighted by Gasteiger charge is 2.23. The normalized spacial score (nSPS) is 11.9. The first-order valence-electron chi connectivity index (χ1n) is 6.17. The van der Waals surface area contributed by atoms with Crippen molar-refractivity contribution in [3.8, 4) is 0 Å². The van der Waals surface area contributed by atoms with E-state index in [1.54, 1.807) is 7.11 Å². The molecule has 5 nitrogen and oxygen atoms in total. The molecule has 1 atom stereocenters. The Bertz CT molecular complexity index is 447. The molecule has 1 N–H and O–H groups in total. The molecular formula is C14H18FNO4. The summed E-state index contributed by atoms with van der Waals surface area (Å²) in [6.45, 7) is 0.833. The number of carbonyl (C=O) groups excluding carboxylic acids is 2. The predicted molar refractivity (Wildman–Crippen MR) is 71.0 cm³/mol. The van der Waals surface area contributed by atoms with Gasteiger partial charge in [0.1, 0.15) is 5.82 Å². The van der Waals surface area contributed by atoms with Gasteiger partial charge in [0.25, 0.3) is 0 Å². The van der Waals surface area contributed by atoms with E-state index >= 15 is 0 Å². The molecule has 1 aromatic carbocycles. The molecule has 1 aromatic rings. The molecule has 1 unspecified atom stereocenters. The van der Waals surface area contributed by atoms with E-state index in [9.17, 15) is 14.0 Å². The second-order valence-electron chi connectivity index (χ2n) is 4.15. The third-order valence-electron chi connectivity index (χ3n) is 2.74. The third kappa shape index (κ3) is 5.07. The Morgan fingerprint density at radius 1 is 1.25 bits per heavy atom. The number of halogens is 1. The Balaban J connectivity index is 2.76.